The summed E-state index contributed by atoms with van der Waals surface area (Å²) in [5.41, 5.74) is 1.64. The lowest BCUT2D eigenvalue weighted by Crippen LogP contribution is -2.42. The number of nitrogens with zero attached hydrogens (tertiary/aromatic N) is 1. The van der Waals surface area contributed by atoms with Crippen LogP contribution >= 0.6 is 0 Å². The molecule has 0 saturated carbocycles. The van der Waals surface area contributed by atoms with Crippen LogP contribution in [0.5, 0.6) is 0 Å². The highest BCUT2D eigenvalue weighted by molar-refractivity contribution is 5.93. The summed E-state index contributed by atoms with van der Waals surface area (Å²) in [6.45, 7) is 2.79. The first-order valence-electron chi connectivity index (χ1n) is 9.13. The zero-order valence-electron chi connectivity index (χ0n) is 15.5. The van der Waals surface area contributed by atoms with Gasteiger partial charge in [-0.05, 0) is 43.0 Å². The summed E-state index contributed by atoms with van der Waals surface area (Å²) >= 11 is 0. The number of carbonyl (C=O) groups is 2. The second kappa shape index (κ2) is 8.46. The number of nitrogens with one attached hydrogen (secondary N) is 1. The summed E-state index contributed by atoms with van der Waals surface area (Å²) in [7, 11) is 0. The van der Waals surface area contributed by atoms with Crippen LogP contribution < -0.4 is 5.32 Å². The lowest BCUT2D eigenvalue weighted by molar-refractivity contribution is -0.133. The predicted molar refractivity (Wildman–Crippen MR) is 99.1 cm³/mol. The maximum Gasteiger partial charge on any atom is 0.227 e. The maximum absolute atomic E-state index is 13.7. The first-order chi connectivity index (χ1) is 13.4. The summed E-state index contributed by atoms with van der Waals surface area (Å²) in [5, 5.41) is 2.32. The fraction of sp³-hybridized carbons (Fsp3) is 0.333. The third-order valence-electron chi connectivity index (χ3n) is 5.11. The summed E-state index contributed by atoms with van der Waals surface area (Å²) in [4.78, 5) is 26.5. The SMILES string of the molecule is Cc1ccccc1CC(=O)N1CCC(C(=O)Nc2ccc(F)c(F)c2F)CC1. The van der Waals surface area contributed by atoms with Gasteiger partial charge in [0.2, 0.25) is 11.8 Å². The van der Waals surface area contributed by atoms with Gasteiger partial charge in [-0.25, -0.2) is 13.2 Å². The average molecular weight is 390 g/mol. The number of hydrogen-bond donors (Lipinski definition) is 1. The van der Waals surface area contributed by atoms with E-state index in [0.717, 1.165) is 23.3 Å². The second-order valence-electron chi connectivity index (χ2n) is 6.97. The highest BCUT2D eigenvalue weighted by atomic mass is 19.2. The van der Waals surface area contributed by atoms with Gasteiger partial charge in [0, 0.05) is 19.0 Å². The molecule has 0 spiro atoms. The maximum atomic E-state index is 13.7. The normalized spacial score (nSPS) is 14.8. The lowest BCUT2D eigenvalue weighted by Gasteiger charge is -2.31. The van der Waals surface area contributed by atoms with Crippen molar-refractivity contribution in [1.82, 2.24) is 4.90 Å². The molecule has 2 amide bonds. The van der Waals surface area contributed by atoms with E-state index in [1.54, 1.807) is 4.90 Å². The van der Waals surface area contributed by atoms with E-state index in [2.05, 4.69) is 5.32 Å². The topological polar surface area (TPSA) is 49.4 Å². The monoisotopic (exact) mass is 390 g/mol. The minimum atomic E-state index is -1.62. The van der Waals surface area contributed by atoms with Crippen molar-refractivity contribution in [1.29, 1.82) is 0 Å². The van der Waals surface area contributed by atoms with E-state index < -0.39 is 29.3 Å². The predicted octanol–water partition coefficient (Wildman–Crippen LogP) is 3.83. The van der Waals surface area contributed by atoms with Gasteiger partial charge in [-0.2, -0.15) is 0 Å². The van der Waals surface area contributed by atoms with Crippen molar-refractivity contribution in [3.05, 3.63) is 65.0 Å². The van der Waals surface area contributed by atoms with Crippen LogP contribution in [-0.2, 0) is 16.0 Å². The van der Waals surface area contributed by atoms with E-state index in [0.29, 0.717) is 32.4 Å². The van der Waals surface area contributed by atoms with Gasteiger partial charge in [0.05, 0.1) is 12.1 Å². The second-order valence-corrected chi connectivity index (χ2v) is 6.97. The first kappa shape index (κ1) is 19.9. The number of piperidine rings is 1. The number of amides is 2. The van der Waals surface area contributed by atoms with Gasteiger partial charge in [-0.3, -0.25) is 9.59 Å². The molecular formula is C21H21F3N2O2. The Hall–Kier alpha value is -2.83. The number of hydrogen-bond acceptors (Lipinski definition) is 2. The van der Waals surface area contributed by atoms with Crippen LogP contribution in [0.25, 0.3) is 0 Å². The molecule has 3 rings (SSSR count). The van der Waals surface area contributed by atoms with Crippen molar-refractivity contribution in [2.75, 3.05) is 18.4 Å². The van der Waals surface area contributed by atoms with Crippen LogP contribution in [0.3, 0.4) is 0 Å². The molecule has 0 radical (unpaired) electrons. The van der Waals surface area contributed by atoms with Crippen molar-refractivity contribution in [2.24, 2.45) is 5.92 Å². The number of aryl methyl sites for hydroxylation is 1. The average Bonchev–Trinajstić information content (AvgIpc) is 2.70. The molecule has 1 aliphatic heterocycles. The smallest absolute Gasteiger partial charge is 0.227 e. The Morgan fingerprint density at radius 2 is 1.71 bits per heavy atom. The van der Waals surface area contributed by atoms with E-state index in [1.165, 1.54) is 0 Å². The fourth-order valence-corrected chi connectivity index (χ4v) is 3.33. The summed E-state index contributed by atoms with van der Waals surface area (Å²) in [5.74, 6) is -5.23. The van der Waals surface area contributed by atoms with Crippen LogP contribution in [-0.4, -0.2) is 29.8 Å². The van der Waals surface area contributed by atoms with Gasteiger partial charge < -0.3 is 10.2 Å². The van der Waals surface area contributed by atoms with Crippen LogP contribution in [0.4, 0.5) is 18.9 Å². The lowest BCUT2D eigenvalue weighted by atomic mass is 9.95. The van der Waals surface area contributed by atoms with Gasteiger partial charge in [0.25, 0.3) is 0 Å². The Bertz CT molecular complexity index is 893. The van der Waals surface area contributed by atoms with Crippen molar-refractivity contribution >= 4 is 17.5 Å². The zero-order chi connectivity index (χ0) is 20.3. The Kier molecular flexibility index (Phi) is 6.02. The van der Waals surface area contributed by atoms with E-state index >= 15 is 0 Å². The Balaban J connectivity index is 1.55. The molecular weight excluding hydrogens is 369 g/mol. The molecule has 0 aliphatic carbocycles. The third kappa shape index (κ3) is 4.35. The molecule has 1 aliphatic rings. The van der Waals surface area contributed by atoms with Gasteiger partial charge in [-0.15, -0.1) is 0 Å². The number of carbonyl (C=O) groups excluding carboxylic acids is 2. The van der Waals surface area contributed by atoms with Crippen molar-refractivity contribution in [3.8, 4) is 0 Å². The molecule has 0 bridgehead atoms. The molecule has 1 fully saturated rings. The fourth-order valence-electron chi connectivity index (χ4n) is 3.33. The Morgan fingerprint density at radius 1 is 1.04 bits per heavy atom. The van der Waals surface area contributed by atoms with Gasteiger partial charge >= 0.3 is 0 Å². The highest BCUT2D eigenvalue weighted by Crippen LogP contribution is 2.24. The van der Waals surface area contributed by atoms with Crippen LogP contribution in [0.2, 0.25) is 0 Å². The van der Waals surface area contributed by atoms with Crippen LogP contribution in [0, 0.1) is 30.3 Å². The molecule has 0 unspecified atom stereocenters. The zero-order valence-corrected chi connectivity index (χ0v) is 15.5. The quantitative estimate of drug-likeness (QED) is 0.807. The van der Waals surface area contributed by atoms with Gasteiger partial charge in [-0.1, -0.05) is 24.3 Å². The van der Waals surface area contributed by atoms with Crippen LogP contribution in [0.1, 0.15) is 24.0 Å². The number of benzene rings is 2. The number of anilines is 1. The molecule has 1 heterocycles. The standard InChI is InChI=1S/C21H21F3N2O2/c1-13-4-2-3-5-15(13)12-18(27)26-10-8-14(9-11-26)21(28)25-17-7-6-16(22)19(23)20(17)24/h2-7,14H,8-12H2,1H3,(H,25,28). The molecule has 0 atom stereocenters. The minimum Gasteiger partial charge on any atom is -0.342 e. The molecule has 0 aromatic heterocycles. The van der Waals surface area contributed by atoms with E-state index in [-0.39, 0.29) is 11.6 Å². The molecule has 4 nitrogen and oxygen atoms in total. The van der Waals surface area contributed by atoms with E-state index in [4.69, 9.17) is 0 Å². The molecule has 1 N–H and O–H groups in total. The van der Waals surface area contributed by atoms with Crippen molar-refractivity contribution < 1.29 is 22.8 Å². The first-order valence-corrected chi connectivity index (χ1v) is 9.13. The minimum absolute atomic E-state index is 0.000178. The number of rotatable bonds is 4. The molecule has 2 aromatic rings. The van der Waals surface area contributed by atoms with Gasteiger partial charge in [0.15, 0.2) is 17.5 Å². The summed E-state index contributed by atoms with van der Waals surface area (Å²) in [6, 6.07) is 9.45. The van der Waals surface area contributed by atoms with Crippen molar-refractivity contribution in [2.45, 2.75) is 26.2 Å². The molecule has 28 heavy (non-hydrogen) atoms. The largest absolute Gasteiger partial charge is 0.342 e. The molecule has 7 heteroatoms. The Labute approximate surface area is 161 Å². The summed E-state index contributed by atoms with van der Waals surface area (Å²) in [6.07, 6.45) is 1.16. The third-order valence-corrected chi connectivity index (χ3v) is 5.11. The summed E-state index contributed by atoms with van der Waals surface area (Å²) < 4.78 is 40.0. The highest BCUT2D eigenvalue weighted by Gasteiger charge is 2.28. The number of likely N-dealkylation sites (tertiary alicyclic amines) is 1. The van der Waals surface area contributed by atoms with Crippen LogP contribution in [0.15, 0.2) is 36.4 Å². The number of halogens is 3. The molecule has 1 saturated heterocycles. The van der Waals surface area contributed by atoms with Crippen molar-refractivity contribution in [3.63, 3.8) is 0 Å². The Morgan fingerprint density at radius 3 is 2.39 bits per heavy atom. The molecule has 148 valence electrons. The van der Waals surface area contributed by atoms with E-state index in [1.807, 2.05) is 31.2 Å². The van der Waals surface area contributed by atoms with E-state index in [9.17, 15) is 22.8 Å². The molecule has 2 aromatic carbocycles. The van der Waals surface area contributed by atoms with Gasteiger partial charge in [0.1, 0.15) is 0 Å².